The Morgan fingerprint density at radius 3 is 2.48 bits per heavy atom. The highest BCUT2D eigenvalue weighted by molar-refractivity contribution is 5.86. The molecule has 0 aliphatic heterocycles. The van der Waals surface area contributed by atoms with Crippen molar-refractivity contribution in [3.63, 3.8) is 0 Å². The first kappa shape index (κ1) is 15.2. The van der Waals surface area contributed by atoms with Crippen LogP contribution in [-0.2, 0) is 6.42 Å². The minimum absolute atomic E-state index is 0.0522. The lowest BCUT2D eigenvalue weighted by Gasteiger charge is -2.09. The summed E-state index contributed by atoms with van der Waals surface area (Å²) >= 11 is 0. The molecule has 5 heteroatoms. The molecule has 0 radical (unpaired) electrons. The smallest absolute Gasteiger partial charge is 0.358 e. The predicted octanol–water partition coefficient (Wildman–Crippen LogP) is 3.43. The van der Waals surface area contributed by atoms with Gasteiger partial charge in [-0.15, -0.1) is 5.10 Å². The van der Waals surface area contributed by atoms with Crippen molar-refractivity contribution in [2.45, 2.75) is 46.0 Å². The molecule has 0 unspecified atom stereocenters. The number of unbranched alkanes of at least 4 members (excludes halogenated alkanes) is 1. The van der Waals surface area contributed by atoms with Crippen LogP contribution in [-0.4, -0.2) is 26.1 Å². The molecule has 0 atom stereocenters. The molecule has 1 aromatic heterocycles. The van der Waals surface area contributed by atoms with Crippen LogP contribution in [0.1, 0.15) is 61.3 Å². The van der Waals surface area contributed by atoms with Crippen LogP contribution in [0, 0.1) is 0 Å². The first-order valence-corrected chi connectivity index (χ1v) is 7.32. The molecule has 1 N–H and O–H groups in total. The quantitative estimate of drug-likeness (QED) is 0.883. The van der Waals surface area contributed by atoms with E-state index in [-0.39, 0.29) is 5.69 Å². The highest BCUT2D eigenvalue weighted by Crippen LogP contribution is 2.19. The summed E-state index contributed by atoms with van der Waals surface area (Å²) in [5.74, 6) is -0.560. The molecular weight excluding hydrogens is 266 g/mol. The van der Waals surface area contributed by atoms with E-state index < -0.39 is 5.97 Å². The van der Waals surface area contributed by atoms with Crippen molar-refractivity contribution in [2.75, 3.05) is 0 Å². The molecule has 0 aliphatic carbocycles. The monoisotopic (exact) mass is 287 g/mol. The van der Waals surface area contributed by atoms with Gasteiger partial charge in [-0.05, 0) is 36.5 Å². The van der Waals surface area contributed by atoms with Gasteiger partial charge in [0.15, 0.2) is 5.69 Å². The number of hydrogen-bond acceptors (Lipinski definition) is 3. The molecule has 5 nitrogen and oxygen atoms in total. The molecule has 0 fully saturated rings. The van der Waals surface area contributed by atoms with Crippen LogP contribution >= 0.6 is 0 Å². The molecule has 1 aromatic carbocycles. The van der Waals surface area contributed by atoms with Gasteiger partial charge in [-0.3, -0.25) is 0 Å². The van der Waals surface area contributed by atoms with E-state index in [9.17, 15) is 9.90 Å². The van der Waals surface area contributed by atoms with E-state index in [4.69, 9.17) is 0 Å². The molecule has 1 heterocycles. The molecule has 0 bridgehead atoms. The van der Waals surface area contributed by atoms with Crippen molar-refractivity contribution in [1.29, 1.82) is 0 Å². The van der Waals surface area contributed by atoms with Crippen LogP contribution in [0.5, 0.6) is 0 Å². The maximum absolute atomic E-state index is 11.3. The number of nitrogens with zero attached hydrogens (tertiary/aromatic N) is 3. The number of aromatic nitrogens is 3. The molecule has 0 saturated heterocycles. The van der Waals surface area contributed by atoms with Gasteiger partial charge in [-0.2, -0.15) is 0 Å². The second-order valence-corrected chi connectivity index (χ2v) is 5.45. The number of carbonyl (C=O) groups is 1. The summed E-state index contributed by atoms with van der Waals surface area (Å²) in [6, 6.07) is 8.02. The van der Waals surface area contributed by atoms with Crippen LogP contribution in [0.15, 0.2) is 24.3 Å². The van der Waals surface area contributed by atoms with Gasteiger partial charge < -0.3 is 5.11 Å². The fourth-order valence-electron chi connectivity index (χ4n) is 2.24. The predicted molar refractivity (Wildman–Crippen MR) is 81.0 cm³/mol. The van der Waals surface area contributed by atoms with Gasteiger partial charge in [0.05, 0.1) is 11.4 Å². The van der Waals surface area contributed by atoms with E-state index in [0.717, 1.165) is 18.5 Å². The third-order valence-electron chi connectivity index (χ3n) is 3.54. The fourth-order valence-corrected chi connectivity index (χ4v) is 2.24. The van der Waals surface area contributed by atoms with Gasteiger partial charge in [0.25, 0.3) is 0 Å². The Morgan fingerprint density at radius 1 is 1.29 bits per heavy atom. The normalized spacial score (nSPS) is 11.0. The van der Waals surface area contributed by atoms with Crippen molar-refractivity contribution >= 4 is 5.97 Å². The number of benzene rings is 1. The molecular formula is C16H21N3O2. The molecule has 0 amide bonds. The largest absolute Gasteiger partial charge is 0.476 e. The standard InChI is InChI=1S/C16H21N3O2/c1-4-5-6-14-15(16(20)21)17-18-19(14)13-9-7-12(8-10-13)11(2)3/h7-11H,4-6H2,1-3H3,(H,20,21). The van der Waals surface area contributed by atoms with Crippen LogP contribution in [0.2, 0.25) is 0 Å². The minimum Gasteiger partial charge on any atom is -0.476 e. The zero-order valence-electron chi connectivity index (χ0n) is 12.7. The summed E-state index contributed by atoms with van der Waals surface area (Å²) in [4.78, 5) is 11.3. The average Bonchev–Trinajstić information content (AvgIpc) is 2.89. The Labute approximate surface area is 124 Å². The van der Waals surface area contributed by atoms with Crippen LogP contribution in [0.4, 0.5) is 0 Å². The van der Waals surface area contributed by atoms with E-state index in [1.54, 1.807) is 4.68 Å². The number of hydrogen-bond donors (Lipinski definition) is 1. The number of aromatic carboxylic acids is 1. The molecule has 0 aliphatic rings. The summed E-state index contributed by atoms with van der Waals surface area (Å²) in [6.45, 7) is 6.35. The van der Waals surface area contributed by atoms with Gasteiger partial charge in [0, 0.05) is 0 Å². The van der Waals surface area contributed by atoms with Gasteiger partial charge >= 0.3 is 5.97 Å². The summed E-state index contributed by atoms with van der Waals surface area (Å²) in [6.07, 6.45) is 2.57. The Hall–Kier alpha value is -2.17. The lowest BCUT2D eigenvalue weighted by Crippen LogP contribution is -2.07. The first-order valence-electron chi connectivity index (χ1n) is 7.32. The highest BCUT2D eigenvalue weighted by atomic mass is 16.4. The van der Waals surface area contributed by atoms with Gasteiger partial charge in [-0.1, -0.05) is 44.5 Å². The number of rotatable bonds is 6. The Morgan fingerprint density at radius 2 is 1.95 bits per heavy atom. The Kier molecular flexibility index (Phi) is 4.73. The molecule has 0 spiro atoms. The second kappa shape index (κ2) is 6.52. The zero-order valence-corrected chi connectivity index (χ0v) is 12.7. The van der Waals surface area contributed by atoms with Crippen molar-refractivity contribution in [3.8, 4) is 5.69 Å². The third-order valence-corrected chi connectivity index (χ3v) is 3.54. The van der Waals surface area contributed by atoms with E-state index in [2.05, 4.69) is 31.1 Å². The van der Waals surface area contributed by atoms with Crippen molar-refractivity contribution < 1.29 is 9.90 Å². The Balaban J connectivity index is 2.40. The summed E-state index contributed by atoms with van der Waals surface area (Å²) < 4.78 is 1.64. The highest BCUT2D eigenvalue weighted by Gasteiger charge is 2.19. The van der Waals surface area contributed by atoms with Crippen molar-refractivity contribution in [3.05, 3.63) is 41.2 Å². The topological polar surface area (TPSA) is 68.0 Å². The molecule has 2 aromatic rings. The van der Waals surface area contributed by atoms with Crippen LogP contribution in [0.25, 0.3) is 5.69 Å². The lowest BCUT2D eigenvalue weighted by atomic mass is 10.0. The van der Waals surface area contributed by atoms with E-state index in [1.165, 1.54) is 5.56 Å². The van der Waals surface area contributed by atoms with E-state index in [1.807, 2.05) is 24.3 Å². The van der Waals surface area contributed by atoms with Crippen LogP contribution < -0.4 is 0 Å². The summed E-state index contributed by atoms with van der Waals surface area (Å²) in [5, 5.41) is 17.1. The SMILES string of the molecule is CCCCc1c(C(=O)O)nnn1-c1ccc(C(C)C)cc1. The zero-order chi connectivity index (χ0) is 15.4. The maximum atomic E-state index is 11.3. The first-order chi connectivity index (χ1) is 10.0. The number of carboxylic acids is 1. The van der Waals surface area contributed by atoms with Gasteiger partial charge in [0.1, 0.15) is 0 Å². The lowest BCUT2D eigenvalue weighted by molar-refractivity contribution is 0.0689. The average molecular weight is 287 g/mol. The number of carboxylic acid groups (broad SMARTS) is 1. The molecule has 2 rings (SSSR count). The summed E-state index contributed by atoms with van der Waals surface area (Å²) in [7, 11) is 0. The second-order valence-electron chi connectivity index (χ2n) is 5.45. The van der Waals surface area contributed by atoms with Gasteiger partial charge in [-0.25, -0.2) is 9.48 Å². The molecule has 21 heavy (non-hydrogen) atoms. The van der Waals surface area contributed by atoms with Crippen molar-refractivity contribution in [2.24, 2.45) is 0 Å². The molecule has 0 saturated carbocycles. The third kappa shape index (κ3) is 3.29. The fraction of sp³-hybridized carbons (Fsp3) is 0.438. The Bertz CT molecular complexity index is 615. The minimum atomic E-state index is -1.02. The summed E-state index contributed by atoms with van der Waals surface area (Å²) in [5.41, 5.74) is 2.82. The van der Waals surface area contributed by atoms with E-state index >= 15 is 0 Å². The van der Waals surface area contributed by atoms with Crippen LogP contribution in [0.3, 0.4) is 0 Å². The van der Waals surface area contributed by atoms with E-state index in [0.29, 0.717) is 18.0 Å². The van der Waals surface area contributed by atoms with Gasteiger partial charge in [0.2, 0.25) is 0 Å². The van der Waals surface area contributed by atoms with Crippen molar-refractivity contribution in [1.82, 2.24) is 15.0 Å². The molecule has 112 valence electrons. The maximum Gasteiger partial charge on any atom is 0.358 e.